The van der Waals surface area contributed by atoms with E-state index in [1.807, 2.05) is 26.0 Å². The zero-order valence-electron chi connectivity index (χ0n) is 13.2. The number of halogens is 3. The van der Waals surface area contributed by atoms with E-state index in [9.17, 15) is 13.2 Å². The normalized spacial score (nSPS) is 13.5. The molecular formula is C19H20F3N. The molecule has 0 amide bonds. The number of alkyl halides is 3. The molecule has 0 saturated carbocycles. The minimum atomic E-state index is -4.32. The van der Waals surface area contributed by atoms with Gasteiger partial charge in [0.1, 0.15) is 0 Å². The summed E-state index contributed by atoms with van der Waals surface area (Å²) in [6.07, 6.45) is -1.61. The standard InChI is InChI=1S/C19H20F3N/c1-13-3-9-17(11-14(13)2)18(19(20,21)22)10-8-15-4-6-16(12-23)7-5-15/h3-11,18H,12,23H2,1-2H3/b10-8+. The van der Waals surface area contributed by atoms with Crippen LogP contribution in [0, 0.1) is 13.8 Å². The Hall–Kier alpha value is -2.07. The van der Waals surface area contributed by atoms with Gasteiger partial charge in [-0.05, 0) is 41.7 Å². The lowest BCUT2D eigenvalue weighted by atomic mass is 9.94. The summed E-state index contributed by atoms with van der Waals surface area (Å²) in [5.41, 5.74) is 9.29. The van der Waals surface area contributed by atoms with E-state index in [4.69, 9.17) is 5.73 Å². The van der Waals surface area contributed by atoms with Gasteiger partial charge in [-0.3, -0.25) is 0 Å². The van der Waals surface area contributed by atoms with E-state index in [1.54, 1.807) is 30.3 Å². The average molecular weight is 319 g/mol. The Morgan fingerprint density at radius 3 is 2.17 bits per heavy atom. The van der Waals surface area contributed by atoms with E-state index in [2.05, 4.69) is 0 Å². The third kappa shape index (κ3) is 4.45. The molecule has 0 saturated heterocycles. The molecule has 122 valence electrons. The maximum atomic E-state index is 13.4. The van der Waals surface area contributed by atoms with E-state index in [-0.39, 0.29) is 5.56 Å². The van der Waals surface area contributed by atoms with Gasteiger partial charge in [0.25, 0.3) is 0 Å². The second-order valence-corrected chi connectivity index (χ2v) is 5.67. The molecule has 2 N–H and O–H groups in total. The lowest BCUT2D eigenvalue weighted by Gasteiger charge is -2.18. The average Bonchev–Trinajstić information content (AvgIpc) is 2.50. The molecule has 23 heavy (non-hydrogen) atoms. The number of rotatable bonds is 4. The largest absolute Gasteiger partial charge is 0.399 e. The summed E-state index contributed by atoms with van der Waals surface area (Å²) in [5.74, 6) is -1.61. The predicted octanol–water partition coefficient (Wildman–Crippen LogP) is 5.12. The van der Waals surface area contributed by atoms with Crippen molar-refractivity contribution in [3.8, 4) is 0 Å². The Labute approximate surface area is 134 Å². The summed E-state index contributed by atoms with van der Waals surface area (Å²) in [6.45, 7) is 4.12. The SMILES string of the molecule is Cc1ccc(C(/C=C/c2ccc(CN)cc2)C(F)(F)F)cc1C. The minimum Gasteiger partial charge on any atom is -0.326 e. The van der Waals surface area contributed by atoms with E-state index >= 15 is 0 Å². The summed E-state index contributed by atoms with van der Waals surface area (Å²) in [6, 6.07) is 12.1. The first-order valence-corrected chi connectivity index (χ1v) is 7.42. The molecule has 0 aromatic heterocycles. The summed E-state index contributed by atoms with van der Waals surface area (Å²) >= 11 is 0. The van der Waals surface area contributed by atoms with Gasteiger partial charge in [-0.25, -0.2) is 0 Å². The van der Waals surface area contributed by atoms with Crippen LogP contribution in [0.25, 0.3) is 6.08 Å². The molecule has 1 nitrogen and oxygen atoms in total. The minimum absolute atomic E-state index is 0.260. The van der Waals surface area contributed by atoms with Gasteiger partial charge in [-0.15, -0.1) is 0 Å². The lowest BCUT2D eigenvalue weighted by Crippen LogP contribution is -2.19. The molecule has 0 heterocycles. The second-order valence-electron chi connectivity index (χ2n) is 5.67. The molecule has 2 rings (SSSR count). The zero-order chi connectivity index (χ0) is 17.0. The molecular weight excluding hydrogens is 299 g/mol. The van der Waals surface area contributed by atoms with Crippen LogP contribution in [0.2, 0.25) is 0 Å². The molecule has 0 aliphatic carbocycles. The summed E-state index contributed by atoms with van der Waals surface area (Å²) < 4.78 is 40.2. The number of hydrogen-bond acceptors (Lipinski definition) is 1. The van der Waals surface area contributed by atoms with Gasteiger partial charge in [-0.2, -0.15) is 13.2 Å². The van der Waals surface area contributed by atoms with Gasteiger partial charge in [0.2, 0.25) is 0 Å². The van der Waals surface area contributed by atoms with Gasteiger partial charge < -0.3 is 5.73 Å². The molecule has 0 aliphatic rings. The van der Waals surface area contributed by atoms with Gasteiger partial charge in [0.15, 0.2) is 0 Å². The zero-order valence-corrected chi connectivity index (χ0v) is 13.2. The predicted molar refractivity (Wildman–Crippen MR) is 88.1 cm³/mol. The van der Waals surface area contributed by atoms with Crippen LogP contribution < -0.4 is 5.73 Å². The highest BCUT2D eigenvalue weighted by molar-refractivity contribution is 5.52. The first-order chi connectivity index (χ1) is 10.8. The second kappa shape index (κ2) is 7.01. The first kappa shape index (κ1) is 17.3. The maximum absolute atomic E-state index is 13.4. The molecule has 1 atom stereocenters. The fourth-order valence-corrected chi connectivity index (χ4v) is 2.34. The highest BCUT2D eigenvalue weighted by Gasteiger charge is 2.38. The van der Waals surface area contributed by atoms with Gasteiger partial charge in [-0.1, -0.05) is 54.6 Å². The van der Waals surface area contributed by atoms with E-state index in [0.717, 1.165) is 22.3 Å². The van der Waals surface area contributed by atoms with Crippen LogP contribution in [0.4, 0.5) is 13.2 Å². The Morgan fingerprint density at radius 2 is 1.65 bits per heavy atom. The van der Waals surface area contributed by atoms with Crippen molar-refractivity contribution in [1.82, 2.24) is 0 Å². The Morgan fingerprint density at radius 1 is 1.00 bits per heavy atom. The molecule has 2 aromatic rings. The van der Waals surface area contributed by atoms with Crippen LogP contribution in [0.5, 0.6) is 0 Å². The summed E-state index contributed by atoms with van der Waals surface area (Å²) in [4.78, 5) is 0. The highest BCUT2D eigenvalue weighted by Crippen LogP contribution is 2.37. The van der Waals surface area contributed by atoms with Crippen LogP contribution in [-0.4, -0.2) is 6.18 Å². The molecule has 0 radical (unpaired) electrons. The van der Waals surface area contributed by atoms with Crippen molar-refractivity contribution in [3.05, 3.63) is 76.4 Å². The quantitative estimate of drug-likeness (QED) is 0.831. The Bertz CT molecular complexity index is 685. The van der Waals surface area contributed by atoms with Crippen LogP contribution in [-0.2, 0) is 6.54 Å². The van der Waals surface area contributed by atoms with Crippen molar-refractivity contribution in [2.24, 2.45) is 5.73 Å². The van der Waals surface area contributed by atoms with Gasteiger partial charge in [0, 0.05) is 6.54 Å². The van der Waals surface area contributed by atoms with E-state index in [1.165, 1.54) is 12.2 Å². The smallest absolute Gasteiger partial charge is 0.326 e. The van der Waals surface area contributed by atoms with E-state index in [0.29, 0.717) is 6.54 Å². The fraction of sp³-hybridized carbons (Fsp3) is 0.263. The molecule has 0 bridgehead atoms. The Balaban J connectivity index is 2.31. The van der Waals surface area contributed by atoms with Crippen LogP contribution in [0.3, 0.4) is 0 Å². The third-order valence-corrected chi connectivity index (χ3v) is 3.94. The van der Waals surface area contributed by atoms with Gasteiger partial charge in [0.05, 0.1) is 5.92 Å². The van der Waals surface area contributed by atoms with Crippen LogP contribution >= 0.6 is 0 Å². The first-order valence-electron chi connectivity index (χ1n) is 7.42. The maximum Gasteiger partial charge on any atom is 0.399 e. The molecule has 0 spiro atoms. The molecule has 1 unspecified atom stereocenters. The summed E-state index contributed by atoms with van der Waals surface area (Å²) in [7, 11) is 0. The van der Waals surface area contributed by atoms with Crippen LogP contribution in [0.15, 0.2) is 48.5 Å². The number of benzene rings is 2. The van der Waals surface area contributed by atoms with Crippen molar-refractivity contribution in [1.29, 1.82) is 0 Å². The highest BCUT2D eigenvalue weighted by atomic mass is 19.4. The molecule has 4 heteroatoms. The monoisotopic (exact) mass is 319 g/mol. The lowest BCUT2D eigenvalue weighted by molar-refractivity contribution is -0.139. The number of hydrogen-bond donors (Lipinski definition) is 1. The van der Waals surface area contributed by atoms with Crippen molar-refractivity contribution in [2.75, 3.05) is 0 Å². The number of allylic oxidation sites excluding steroid dienone is 1. The molecule has 0 aliphatic heterocycles. The van der Waals surface area contributed by atoms with Crippen LogP contribution in [0.1, 0.15) is 33.7 Å². The topological polar surface area (TPSA) is 26.0 Å². The van der Waals surface area contributed by atoms with E-state index < -0.39 is 12.1 Å². The molecule has 0 fully saturated rings. The number of aryl methyl sites for hydroxylation is 2. The summed E-state index contributed by atoms with van der Waals surface area (Å²) in [5, 5.41) is 0. The fourth-order valence-electron chi connectivity index (χ4n) is 2.34. The van der Waals surface area contributed by atoms with Gasteiger partial charge >= 0.3 is 6.18 Å². The number of nitrogens with two attached hydrogens (primary N) is 1. The van der Waals surface area contributed by atoms with Crippen molar-refractivity contribution in [3.63, 3.8) is 0 Å². The molecule has 2 aromatic carbocycles. The van der Waals surface area contributed by atoms with Crippen molar-refractivity contribution >= 4 is 6.08 Å². The third-order valence-electron chi connectivity index (χ3n) is 3.94. The van der Waals surface area contributed by atoms with Crippen molar-refractivity contribution < 1.29 is 13.2 Å². The van der Waals surface area contributed by atoms with Crippen molar-refractivity contribution in [2.45, 2.75) is 32.5 Å². The Kier molecular flexibility index (Phi) is 5.26.